The third-order valence-corrected chi connectivity index (χ3v) is 13.8. The van der Waals surface area contributed by atoms with Gasteiger partial charge in [-0.25, -0.2) is 0 Å². The van der Waals surface area contributed by atoms with Crippen LogP contribution < -0.4 is 15.3 Å². The molecule has 0 saturated heterocycles. The Morgan fingerprint density at radius 1 is 0.260 bits per heavy atom. The second-order valence-electron chi connectivity index (χ2n) is 17.4. The predicted molar refractivity (Wildman–Crippen MR) is 317 cm³/mol. The highest BCUT2D eigenvalue weighted by Crippen LogP contribution is 2.39. The molecule has 12 aromatic carbocycles. The molecule has 0 atom stereocenters. The molecule has 0 radical (unpaired) electrons. The van der Waals surface area contributed by atoms with Gasteiger partial charge in [-0.15, -0.1) is 0 Å². The Labute approximate surface area is 444 Å². The minimum atomic E-state index is -1.40. The largest absolute Gasteiger partial charge is 0.489 e. The van der Waals surface area contributed by atoms with Crippen LogP contribution in [0.25, 0.3) is 54.6 Å². The summed E-state index contributed by atoms with van der Waals surface area (Å²) in [5, 5.41) is 25.1. The van der Waals surface area contributed by atoms with Crippen molar-refractivity contribution in [1.29, 1.82) is 0 Å². The molecular formula is C66H49BBr2N2O2. The number of hydrogen-bond donors (Lipinski definition) is 2. The van der Waals surface area contributed by atoms with Crippen molar-refractivity contribution in [2.24, 2.45) is 0 Å². The molecule has 7 heteroatoms. The van der Waals surface area contributed by atoms with Crippen molar-refractivity contribution in [2.75, 3.05) is 9.80 Å². The lowest BCUT2D eigenvalue weighted by Crippen LogP contribution is -2.30. The van der Waals surface area contributed by atoms with Crippen LogP contribution >= 0.6 is 31.9 Å². The van der Waals surface area contributed by atoms with Crippen molar-refractivity contribution in [1.82, 2.24) is 0 Å². The summed E-state index contributed by atoms with van der Waals surface area (Å²) in [6, 6.07) is 98.8. The lowest BCUT2D eigenvalue weighted by atomic mass is 9.77. The van der Waals surface area contributed by atoms with Gasteiger partial charge in [-0.2, -0.15) is 0 Å². The first-order chi connectivity index (χ1) is 35.9. The van der Waals surface area contributed by atoms with Crippen molar-refractivity contribution in [3.63, 3.8) is 0 Å². The summed E-state index contributed by atoms with van der Waals surface area (Å²) in [7, 11) is -1.40. The molecule has 0 amide bonds. The first-order valence-electron chi connectivity index (χ1n) is 24.1. The van der Waals surface area contributed by atoms with Crippen molar-refractivity contribution in [2.45, 2.75) is 0 Å². The van der Waals surface area contributed by atoms with Gasteiger partial charge in [0.05, 0.1) is 0 Å². The van der Waals surface area contributed by atoms with Gasteiger partial charge in [0.1, 0.15) is 0 Å². The van der Waals surface area contributed by atoms with E-state index >= 15 is 0 Å². The number of benzene rings is 12. The molecule has 73 heavy (non-hydrogen) atoms. The van der Waals surface area contributed by atoms with Crippen LogP contribution in [0.1, 0.15) is 0 Å². The van der Waals surface area contributed by atoms with Crippen LogP contribution in [-0.4, -0.2) is 17.2 Å². The molecule has 0 aromatic heterocycles. The number of halogens is 2. The average Bonchev–Trinajstić information content (AvgIpc) is 3.45. The first-order valence-corrected chi connectivity index (χ1v) is 25.7. The van der Waals surface area contributed by atoms with Crippen LogP contribution in [0.3, 0.4) is 0 Å². The molecule has 0 aliphatic rings. The Bertz CT molecular complexity index is 3540. The van der Waals surface area contributed by atoms with E-state index in [0.717, 1.165) is 53.8 Å². The molecule has 0 spiro atoms. The van der Waals surface area contributed by atoms with Crippen LogP contribution in [-0.2, 0) is 0 Å². The first kappa shape index (κ1) is 48.6. The van der Waals surface area contributed by atoms with E-state index in [0.29, 0.717) is 5.46 Å². The fourth-order valence-electron chi connectivity index (χ4n) is 9.24. The molecular weight excluding hydrogens is 1020 g/mol. The normalized spacial score (nSPS) is 10.7. The monoisotopic (exact) mass is 1070 g/mol. The van der Waals surface area contributed by atoms with Gasteiger partial charge in [0, 0.05) is 43.1 Å². The molecule has 0 bridgehead atoms. The molecule has 0 aliphatic heterocycles. The van der Waals surface area contributed by atoms with Crippen LogP contribution in [0.15, 0.2) is 294 Å². The van der Waals surface area contributed by atoms with Gasteiger partial charge in [-0.1, -0.05) is 220 Å². The van der Waals surface area contributed by atoms with Gasteiger partial charge >= 0.3 is 7.12 Å². The number of anilines is 6. The number of para-hydroxylation sites is 2. The van der Waals surface area contributed by atoms with Crippen LogP contribution in [0, 0.1) is 0 Å². The Morgan fingerprint density at radius 2 is 0.548 bits per heavy atom. The van der Waals surface area contributed by atoms with Crippen molar-refractivity contribution < 1.29 is 10.0 Å². The summed E-state index contributed by atoms with van der Waals surface area (Å²) in [5.74, 6) is 0. The quantitative estimate of drug-likeness (QED) is 0.141. The summed E-state index contributed by atoms with van der Waals surface area (Å²) in [4.78, 5) is 4.55. The molecule has 12 rings (SSSR count). The molecule has 0 fully saturated rings. The minimum Gasteiger partial charge on any atom is -0.423 e. The smallest absolute Gasteiger partial charge is 0.423 e. The third kappa shape index (κ3) is 11.4. The zero-order valence-corrected chi connectivity index (χ0v) is 42.9. The molecule has 0 aliphatic carbocycles. The molecule has 0 unspecified atom stereocenters. The number of fused-ring (bicyclic) bond motifs is 3. The highest BCUT2D eigenvalue weighted by molar-refractivity contribution is 9.10. The zero-order valence-electron chi connectivity index (χ0n) is 39.8. The van der Waals surface area contributed by atoms with E-state index in [4.69, 9.17) is 10.0 Å². The lowest BCUT2D eigenvalue weighted by Gasteiger charge is -2.26. The van der Waals surface area contributed by atoms with Crippen LogP contribution in [0.5, 0.6) is 0 Å². The van der Waals surface area contributed by atoms with E-state index in [-0.39, 0.29) is 0 Å². The van der Waals surface area contributed by atoms with Gasteiger partial charge in [-0.3, -0.25) is 0 Å². The Kier molecular flexibility index (Phi) is 15.3. The fraction of sp³-hybridized carbons (Fsp3) is 0. The Balaban J connectivity index is 0.000000149. The average molecular weight is 1070 g/mol. The summed E-state index contributed by atoms with van der Waals surface area (Å²) < 4.78 is 2.16. The van der Waals surface area contributed by atoms with Crippen LogP contribution in [0.2, 0.25) is 0 Å². The lowest BCUT2D eigenvalue weighted by molar-refractivity contribution is 0.426. The second-order valence-corrected chi connectivity index (χ2v) is 19.2. The van der Waals surface area contributed by atoms with Crippen molar-refractivity contribution >= 4 is 111 Å². The summed E-state index contributed by atoms with van der Waals surface area (Å²) in [6.07, 6.45) is 0. The number of hydrogen-bond acceptors (Lipinski definition) is 4. The molecule has 352 valence electrons. The molecule has 12 aromatic rings. The highest BCUT2D eigenvalue weighted by atomic mass is 79.9. The SMILES string of the molecule is Brc1ccc(N(c2ccccc2)c2ccc(Br)cc2)cc1.OB(O)c1cccc2ccccc12.c1ccc(N(c2ccc(-c3cccc4ccccc34)cc2)c2ccc(-c3cccc4ccccc34)cc2)cc1. The van der Waals surface area contributed by atoms with Gasteiger partial charge in [0.15, 0.2) is 0 Å². The fourth-order valence-corrected chi connectivity index (χ4v) is 9.77. The van der Waals surface area contributed by atoms with Crippen LogP contribution in [0.4, 0.5) is 34.1 Å². The van der Waals surface area contributed by atoms with E-state index < -0.39 is 7.12 Å². The van der Waals surface area contributed by atoms with E-state index in [2.05, 4.69) is 278 Å². The maximum Gasteiger partial charge on any atom is 0.489 e. The standard InChI is InChI=1S/C38H27N.C18H13Br2N.C10H9BO2/c1-2-14-32(15-3-1)39(33-24-20-30(21-25-33)37-18-8-12-28-10-4-6-16-35(28)37)34-26-22-31(23-27-34)38-19-9-13-29-11-5-7-17-36(29)38;19-14-6-10-17(11-7-14)21(16-4-2-1-3-5-16)18-12-8-15(20)9-13-18;12-11(13)10-7-3-5-8-4-1-2-6-9(8)10/h1-27H;1-13H;1-7,12-13H. The predicted octanol–water partition coefficient (Wildman–Crippen LogP) is 18.0. The Morgan fingerprint density at radius 3 is 0.932 bits per heavy atom. The molecule has 0 saturated carbocycles. The number of nitrogens with zero attached hydrogens (tertiary/aromatic N) is 2. The van der Waals surface area contributed by atoms with E-state index in [1.807, 2.05) is 42.5 Å². The summed E-state index contributed by atoms with van der Waals surface area (Å²) >= 11 is 6.98. The molecule has 2 N–H and O–H groups in total. The highest BCUT2D eigenvalue weighted by Gasteiger charge is 2.16. The van der Waals surface area contributed by atoms with Crippen molar-refractivity contribution in [3.05, 3.63) is 294 Å². The van der Waals surface area contributed by atoms with Gasteiger partial charge in [-0.05, 0) is 157 Å². The molecule has 0 heterocycles. The maximum absolute atomic E-state index is 9.08. The van der Waals surface area contributed by atoms with Gasteiger partial charge in [0.2, 0.25) is 0 Å². The number of rotatable bonds is 9. The third-order valence-electron chi connectivity index (χ3n) is 12.8. The van der Waals surface area contributed by atoms with E-state index in [9.17, 15) is 0 Å². The zero-order chi connectivity index (χ0) is 49.9. The van der Waals surface area contributed by atoms with E-state index in [1.165, 1.54) is 43.8 Å². The molecule has 4 nitrogen and oxygen atoms in total. The summed E-state index contributed by atoms with van der Waals surface area (Å²) in [5.41, 5.74) is 12.3. The van der Waals surface area contributed by atoms with Gasteiger partial charge < -0.3 is 19.8 Å². The summed E-state index contributed by atoms with van der Waals surface area (Å²) in [6.45, 7) is 0. The van der Waals surface area contributed by atoms with E-state index in [1.54, 1.807) is 6.07 Å². The Hall–Kier alpha value is -8.04. The minimum absolute atomic E-state index is 0.554. The van der Waals surface area contributed by atoms with Gasteiger partial charge in [0.25, 0.3) is 0 Å². The topological polar surface area (TPSA) is 46.9 Å². The maximum atomic E-state index is 9.08. The second kappa shape index (κ2) is 23.0. The van der Waals surface area contributed by atoms with Crippen molar-refractivity contribution in [3.8, 4) is 22.3 Å².